The molecule has 0 bridgehead atoms. The van der Waals surface area contributed by atoms with Crippen molar-refractivity contribution in [3.8, 4) is 0 Å². The van der Waals surface area contributed by atoms with Gasteiger partial charge in [-0.25, -0.2) is 0 Å². The first-order valence-electron chi connectivity index (χ1n) is 10.8. The highest BCUT2D eigenvalue weighted by molar-refractivity contribution is 7.99. The number of rotatable bonds is 10. The standard InChI is InChI=1S/C24H28ClN5O2S/c1-4-30-22(21(16(2)3)27-23(32)18-12-8-9-13-19(18)25)28-29-24(30)33-15-20(31)26-14-17-10-6-5-7-11-17/h5-13,16,21H,4,14-15H2,1-3H3,(H,26,31)(H,27,32). The second-order valence-corrected chi connectivity index (χ2v) is 9.16. The molecule has 0 aliphatic rings. The molecule has 7 nitrogen and oxygen atoms in total. The zero-order chi connectivity index (χ0) is 23.8. The summed E-state index contributed by atoms with van der Waals surface area (Å²) in [6.45, 7) is 7.10. The first kappa shape index (κ1) is 24.8. The van der Waals surface area contributed by atoms with Crippen LogP contribution in [-0.2, 0) is 17.9 Å². The number of hydrogen-bond acceptors (Lipinski definition) is 5. The smallest absolute Gasteiger partial charge is 0.253 e. The average Bonchev–Trinajstić information content (AvgIpc) is 3.23. The molecule has 174 valence electrons. The van der Waals surface area contributed by atoms with Gasteiger partial charge in [-0.15, -0.1) is 10.2 Å². The molecular weight excluding hydrogens is 458 g/mol. The van der Waals surface area contributed by atoms with Crippen LogP contribution in [-0.4, -0.2) is 32.3 Å². The Morgan fingerprint density at radius 1 is 1.06 bits per heavy atom. The maximum Gasteiger partial charge on any atom is 0.253 e. The van der Waals surface area contributed by atoms with Gasteiger partial charge in [0, 0.05) is 13.1 Å². The van der Waals surface area contributed by atoms with E-state index in [0.717, 1.165) is 5.56 Å². The number of aromatic nitrogens is 3. The Morgan fingerprint density at radius 2 is 1.76 bits per heavy atom. The Hall–Kier alpha value is -2.84. The number of nitrogens with one attached hydrogen (secondary N) is 2. The van der Waals surface area contributed by atoms with Crippen LogP contribution in [0.1, 0.15) is 48.6 Å². The van der Waals surface area contributed by atoms with Crippen LogP contribution in [0.5, 0.6) is 0 Å². The molecule has 0 saturated carbocycles. The number of carbonyl (C=O) groups excluding carboxylic acids is 2. The lowest BCUT2D eigenvalue weighted by Crippen LogP contribution is -2.34. The predicted octanol–water partition coefficient (Wildman–Crippen LogP) is 4.49. The fraction of sp³-hybridized carbons (Fsp3) is 0.333. The van der Waals surface area contributed by atoms with E-state index in [2.05, 4.69) is 20.8 Å². The van der Waals surface area contributed by atoms with Crippen molar-refractivity contribution in [2.45, 2.75) is 45.1 Å². The van der Waals surface area contributed by atoms with Crippen molar-refractivity contribution in [2.75, 3.05) is 5.75 Å². The highest BCUT2D eigenvalue weighted by Gasteiger charge is 2.26. The summed E-state index contributed by atoms with van der Waals surface area (Å²) in [4.78, 5) is 25.2. The summed E-state index contributed by atoms with van der Waals surface area (Å²) >= 11 is 7.52. The molecule has 3 rings (SSSR count). The number of carbonyl (C=O) groups is 2. The van der Waals surface area contributed by atoms with Crippen molar-refractivity contribution in [3.63, 3.8) is 0 Å². The molecule has 0 fully saturated rings. The summed E-state index contributed by atoms with van der Waals surface area (Å²) in [5.41, 5.74) is 1.46. The van der Waals surface area contributed by atoms with E-state index in [1.54, 1.807) is 24.3 Å². The van der Waals surface area contributed by atoms with Gasteiger partial charge in [-0.05, 0) is 30.5 Å². The minimum Gasteiger partial charge on any atom is -0.351 e. The van der Waals surface area contributed by atoms with Crippen LogP contribution < -0.4 is 10.6 Å². The Morgan fingerprint density at radius 3 is 2.42 bits per heavy atom. The van der Waals surface area contributed by atoms with Gasteiger partial charge in [0.2, 0.25) is 5.91 Å². The number of thioether (sulfide) groups is 1. The van der Waals surface area contributed by atoms with Gasteiger partial charge in [-0.2, -0.15) is 0 Å². The lowest BCUT2D eigenvalue weighted by atomic mass is 10.0. The highest BCUT2D eigenvalue weighted by Crippen LogP contribution is 2.26. The van der Waals surface area contributed by atoms with Gasteiger partial charge >= 0.3 is 0 Å². The normalized spacial score (nSPS) is 11.9. The molecule has 2 amide bonds. The van der Waals surface area contributed by atoms with E-state index in [0.29, 0.717) is 34.7 Å². The molecule has 1 aromatic heterocycles. The third-order valence-electron chi connectivity index (χ3n) is 5.08. The highest BCUT2D eigenvalue weighted by atomic mass is 35.5. The molecule has 0 radical (unpaired) electrons. The van der Waals surface area contributed by atoms with E-state index in [1.807, 2.05) is 55.7 Å². The molecule has 33 heavy (non-hydrogen) atoms. The first-order valence-corrected chi connectivity index (χ1v) is 12.2. The van der Waals surface area contributed by atoms with Crippen molar-refractivity contribution < 1.29 is 9.59 Å². The molecule has 0 aliphatic heterocycles. The summed E-state index contributed by atoms with van der Waals surface area (Å²) in [6, 6.07) is 16.3. The molecule has 2 N–H and O–H groups in total. The van der Waals surface area contributed by atoms with Gasteiger partial charge in [-0.3, -0.25) is 9.59 Å². The lowest BCUT2D eigenvalue weighted by Gasteiger charge is -2.22. The summed E-state index contributed by atoms with van der Waals surface area (Å²) < 4.78 is 1.94. The molecule has 3 aromatic rings. The lowest BCUT2D eigenvalue weighted by molar-refractivity contribution is -0.118. The third-order valence-corrected chi connectivity index (χ3v) is 6.37. The second-order valence-electron chi connectivity index (χ2n) is 7.81. The molecule has 9 heteroatoms. The third kappa shape index (κ3) is 6.58. The molecule has 2 aromatic carbocycles. The van der Waals surface area contributed by atoms with Gasteiger partial charge < -0.3 is 15.2 Å². The van der Waals surface area contributed by atoms with Crippen LogP contribution in [0, 0.1) is 5.92 Å². The molecule has 1 heterocycles. The van der Waals surface area contributed by atoms with E-state index in [-0.39, 0.29) is 29.5 Å². The number of halogens is 1. The van der Waals surface area contributed by atoms with Gasteiger partial charge in [0.25, 0.3) is 5.91 Å². The summed E-state index contributed by atoms with van der Waals surface area (Å²) in [7, 11) is 0. The quantitative estimate of drug-likeness (QED) is 0.413. The van der Waals surface area contributed by atoms with Crippen molar-refractivity contribution in [3.05, 3.63) is 76.6 Å². The number of nitrogens with zero attached hydrogens (tertiary/aromatic N) is 3. The van der Waals surface area contributed by atoms with E-state index < -0.39 is 0 Å². The molecule has 0 spiro atoms. The van der Waals surface area contributed by atoms with Crippen molar-refractivity contribution in [1.82, 2.24) is 25.4 Å². The van der Waals surface area contributed by atoms with E-state index >= 15 is 0 Å². The van der Waals surface area contributed by atoms with Crippen LogP contribution in [0.15, 0.2) is 59.8 Å². The average molecular weight is 486 g/mol. The minimum atomic E-state index is -0.359. The van der Waals surface area contributed by atoms with Crippen molar-refractivity contribution in [1.29, 1.82) is 0 Å². The van der Waals surface area contributed by atoms with E-state index in [9.17, 15) is 9.59 Å². The second kappa shape index (κ2) is 11.9. The van der Waals surface area contributed by atoms with Gasteiger partial charge in [0.05, 0.1) is 22.4 Å². The summed E-state index contributed by atoms with van der Waals surface area (Å²) in [5, 5.41) is 15.7. The van der Waals surface area contributed by atoms with Gasteiger partial charge in [-0.1, -0.05) is 79.7 Å². The maximum absolute atomic E-state index is 12.9. The zero-order valence-corrected chi connectivity index (χ0v) is 20.5. The Labute approximate surface area is 203 Å². The van der Waals surface area contributed by atoms with E-state index in [4.69, 9.17) is 11.6 Å². The fourth-order valence-electron chi connectivity index (χ4n) is 3.31. The maximum atomic E-state index is 12.9. The topological polar surface area (TPSA) is 88.9 Å². The number of benzene rings is 2. The Balaban J connectivity index is 1.67. The molecule has 0 saturated heterocycles. The monoisotopic (exact) mass is 485 g/mol. The number of amides is 2. The summed E-state index contributed by atoms with van der Waals surface area (Å²) in [5.74, 6) is 0.601. The zero-order valence-electron chi connectivity index (χ0n) is 18.9. The van der Waals surface area contributed by atoms with Crippen LogP contribution >= 0.6 is 23.4 Å². The van der Waals surface area contributed by atoms with Gasteiger partial charge in [0.15, 0.2) is 11.0 Å². The molecule has 0 aliphatic carbocycles. The number of hydrogen-bond donors (Lipinski definition) is 2. The molecular formula is C24H28ClN5O2S. The fourth-order valence-corrected chi connectivity index (χ4v) is 4.37. The molecule has 1 atom stereocenters. The van der Waals surface area contributed by atoms with Crippen molar-refractivity contribution >= 4 is 35.2 Å². The van der Waals surface area contributed by atoms with E-state index in [1.165, 1.54) is 11.8 Å². The Bertz CT molecular complexity index is 1090. The first-order chi connectivity index (χ1) is 15.9. The van der Waals surface area contributed by atoms with Crippen LogP contribution in [0.4, 0.5) is 0 Å². The van der Waals surface area contributed by atoms with Crippen LogP contribution in [0.2, 0.25) is 5.02 Å². The minimum absolute atomic E-state index is 0.0676. The van der Waals surface area contributed by atoms with Gasteiger partial charge in [0.1, 0.15) is 0 Å². The predicted molar refractivity (Wildman–Crippen MR) is 131 cm³/mol. The molecule has 1 unspecified atom stereocenters. The van der Waals surface area contributed by atoms with Crippen molar-refractivity contribution in [2.24, 2.45) is 5.92 Å². The largest absolute Gasteiger partial charge is 0.351 e. The summed E-state index contributed by atoms with van der Waals surface area (Å²) in [6.07, 6.45) is 0. The van der Waals surface area contributed by atoms with Crippen LogP contribution in [0.25, 0.3) is 0 Å². The SMILES string of the molecule is CCn1c(SCC(=O)NCc2ccccc2)nnc1C(NC(=O)c1ccccc1Cl)C(C)C. The van der Waals surface area contributed by atoms with Crippen LogP contribution in [0.3, 0.4) is 0 Å². The Kier molecular flexibility index (Phi) is 8.91.